The van der Waals surface area contributed by atoms with E-state index < -0.39 is 0 Å². The van der Waals surface area contributed by atoms with Crippen molar-refractivity contribution in [2.75, 3.05) is 19.7 Å². The number of hydrogen-bond donors (Lipinski definition) is 1. The smallest absolute Gasteiger partial charge is 0.254 e. The fraction of sp³-hybridized carbons (Fsp3) is 0.652. The predicted molar refractivity (Wildman–Crippen MR) is 118 cm³/mol. The molecule has 1 fully saturated rings. The van der Waals surface area contributed by atoms with Crippen LogP contribution < -0.4 is 10.3 Å². The SMILES string of the molecule is CCOc1cc(CCC(=O)N2CCCC[C@H]2c2nc3c(c(=O)[nH]2)CCN(C(C)C)C3)on1. The van der Waals surface area contributed by atoms with Crippen molar-refractivity contribution in [3.63, 3.8) is 0 Å². The minimum absolute atomic E-state index is 0.0354. The number of piperidine rings is 1. The molecule has 2 aromatic heterocycles. The van der Waals surface area contributed by atoms with Crippen molar-refractivity contribution in [1.82, 2.24) is 24.9 Å². The van der Waals surface area contributed by atoms with Gasteiger partial charge < -0.3 is 19.1 Å². The number of ether oxygens (including phenoxy) is 1. The molecule has 4 heterocycles. The molecule has 1 amide bonds. The summed E-state index contributed by atoms with van der Waals surface area (Å²) >= 11 is 0. The number of aromatic amines is 1. The molecule has 4 rings (SSSR count). The average molecular weight is 444 g/mol. The van der Waals surface area contributed by atoms with Gasteiger partial charge in [-0.15, -0.1) is 0 Å². The Morgan fingerprint density at radius 1 is 1.34 bits per heavy atom. The summed E-state index contributed by atoms with van der Waals surface area (Å²) in [5.74, 6) is 1.72. The predicted octanol–water partition coefficient (Wildman–Crippen LogP) is 2.61. The van der Waals surface area contributed by atoms with Crippen molar-refractivity contribution in [3.05, 3.63) is 39.3 Å². The van der Waals surface area contributed by atoms with E-state index >= 15 is 0 Å². The van der Waals surface area contributed by atoms with Gasteiger partial charge in [0.05, 0.1) is 18.3 Å². The fourth-order valence-corrected chi connectivity index (χ4v) is 4.59. The van der Waals surface area contributed by atoms with Crippen LogP contribution in [-0.2, 0) is 24.2 Å². The summed E-state index contributed by atoms with van der Waals surface area (Å²) < 4.78 is 10.6. The molecule has 2 aliphatic heterocycles. The number of hydrogen-bond acceptors (Lipinski definition) is 7. The van der Waals surface area contributed by atoms with Crippen LogP contribution in [0.1, 0.15) is 75.3 Å². The van der Waals surface area contributed by atoms with E-state index in [9.17, 15) is 9.59 Å². The molecule has 32 heavy (non-hydrogen) atoms. The molecule has 2 aromatic rings. The van der Waals surface area contributed by atoms with Crippen LogP contribution in [0.4, 0.5) is 0 Å². The summed E-state index contributed by atoms with van der Waals surface area (Å²) in [5.41, 5.74) is 1.58. The van der Waals surface area contributed by atoms with Gasteiger partial charge in [0.2, 0.25) is 5.91 Å². The molecule has 0 radical (unpaired) electrons. The van der Waals surface area contributed by atoms with Crippen molar-refractivity contribution in [2.45, 2.75) is 77.9 Å². The van der Waals surface area contributed by atoms with Gasteiger partial charge in [0, 0.05) is 50.1 Å². The van der Waals surface area contributed by atoms with E-state index in [4.69, 9.17) is 14.2 Å². The quantitative estimate of drug-likeness (QED) is 0.701. The first-order valence-electron chi connectivity index (χ1n) is 11.7. The van der Waals surface area contributed by atoms with Gasteiger partial charge in [-0.1, -0.05) is 0 Å². The van der Waals surface area contributed by atoms with Crippen LogP contribution in [0, 0.1) is 0 Å². The maximum atomic E-state index is 13.1. The monoisotopic (exact) mass is 443 g/mol. The Bertz CT molecular complexity index is 999. The number of carbonyl (C=O) groups is 1. The molecule has 0 unspecified atom stereocenters. The van der Waals surface area contributed by atoms with E-state index in [2.05, 4.69) is 28.9 Å². The lowest BCUT2D eigenvalue weighted by Gasteiger charge is -2.36. The lowest BCUT2D eigenvalue weighted by Crippen LogP contribution is -2.42. The third-order valence-electron chi connectivity index (χ3n) is 6.41. The first-order valence-corrected chi connectivity index (χ1v) is 11.7. The van der Waals surface area contributed by atoms with Crippen molar-refractivity contribution < 1.29 is 14.1 Å². The second-order valence-electron chi connectivity index (χ2n) is 8.85. The summed E-state index contributed by atoms with van der Waals surface area (Å²) in [5, 5.41) is 3.85. The average Bonchev–Trinajstić information content (AvgIpc) is 3.24. The van der Waals surface area contributed by atoms with E-state index in [1.54, 1.807) is 6.07 Å². The van der Waals surface area contributed by atoms with Gasteiger partial charge in [0.25, 0.3) is 11.4 Å². The Kier molecular flexibility index (Phi) is 6.93. The van der Waals surface area contributed by atoms with Gasteiger partial charge in [-0.05, 0) is 51.6 Å². The molecule has 0 bridgehead atoms. The summed E-state index contributed by atoms with van der Waals surface area (Å²) in [4.78, 5) is 38.0. The number of aromatic nitrogens is 3. The number of aryl methyl sites for hydroxylation is 1. The summed E-state index contributed by atoms with van der Waals surface area (Å²) in [7, 11) is 0. The number of rotatable bonds is 7. The van der Waals surface area contributed by atoms with E-state index in [1.165, 1.54) is 0 Å². The van der Waals surface area contributed by atoms with Crippen molar-refractivity contribution in [2.24, 2.45) is 0 Å². The third-order valence-corrected chi connectivity index (χ3v) is 6.41. The zero-order valence-electron chi connectivity index (χ0n) is 19.2. The number of nitrogens with one attached hydrogen (secondary N) is 1. The Labute approximate surface area is 188 Å². The second kappa shape index (κ2) is 9.85. The highest BCUT2D eigenvalue weighted by atomic mass is 16.5. The van der Waals surface area contributed by atoms with E-state index in [0.29, 0.717) is 62.5 Å². The maximum absolute atomic E-state index is 13.1. The molecule has 1 saturated heterocycles. The summed E-state index contributed by atoms with van der Waals surface area (Å²) in [6.07, 6.45) is 4.25. The van der Waals surface area contributed by atoms with Crippen LogP contribution in [0.2, 0.25) is 0 Å². The molecule has 0 spiro atoms. The molecule has 0 aromatic carbocycles. The number of H-pyrrole nitrogens is 1. The topological polar surface area (TPSA) is 105 Å². The largest absolute Gasteiger partial charge is 0.476 e. The second-order valence-corrected chi connectivity index (χ2v) is 8.85. The molecule has 174 valence electrons. The Balaban J connectivity index is 1.49. The third kappa shape index (κ3) is 4.87. The maximum Gasteiger partial charge on any atom is 0.254 e. The van der Waals surface area contributed by atoms with Crippen LogP contribution >= 0.6 is 0 Å². The number of nitrogens with zero attached hydrogens (tertiary/aromatic N) is 4. The lowest BCUT2D eigenvalue weighted by atomic mass is 9.99. The Hall–Kier alpha value is -2.68. The van der Waals surface area contributed by atoms with Crippen LogP contribution in [-0.4, -0.2) is 56.6 Å². The number of fused-ring (bicyclic) bond motifs is 1. The molecule has 0 saturated carbocycles. The number of likely N-dealkylation sites (tertiary alicyclic amines) is 1. The van der Waals surface area contributed by atoms with Crippen molar-refractivity contribution in [1.29, 1.82) is 0 Å². The standard InChI is InChI=1S/C23H33N5O4/c1-4-31-20-13-16(32-26-20)8-9-21(29)28-11-6-5-7-19(28)22-24-18-14-27(15(2)3)12-10-17(18)23(30)25-22/h13,15,19H,4-12,14H2,1-3H3,(H,24,25,30)/t19-/m0/s1. The Morgan fingerprint density at radius 2 is 2.19 bits per heavy atom. The molecule has 1 atom stereocenters. The number of carbonyl (C=O) groups excluding carboxylic acids is 1. The van der Waals surface area contributed by atoms with Crippen LogP contribution in [0.25, 0.3) is 0 Å². The molecular weight excluding hydrogens is 410 g/mol. The fourth-order valence-electron chi connectivity index (χ4n) is 4.59. The van der Waals surface area contributed by atoms with Gasteiger partial charge in [0.15, 0.2) is 0 Å². The van der Waals surface area contributed by atoms with Gasteiger partial charge in [-0.25, -0.2) is 4.98 Å². The van der Waals surface area contributed by atoms with Gasteiger partial charge >= 0.3 is 0 Å². The van der Waals surface area contributed by atoms with E-state index in [0.717, 1.165) is 37.1 Å². The highest BCUT2D eigenvalue weighted by Crippen LogP contribution is 2.30. The zero-order chi connectivity index (χ0) is 22.7. The number of amides is 1. The van der Waals surface area contributed by atoms with Crippen LogP contribution in [0.5, 0.6) is 5.88 Å². The minimum Gasteiger partial charge on any atom is -0.476 e. The summed E-state index contributed by atoms with van der Waals surface area (Å²) in [6, 6.07) is 1.94. The van der Waals surface area contributed by atoms with Gasteiger partial charge in [0.1, 0.15) is 11.6 Å². The first-order chi connectivity index (χ1) is 15.5. The minimum atomic E-state index is -0.197. The lowest BCUT2D eigenvalue weighted by molar-refractivity contribution is -0.135. The van der Waals surface area contributed by atoms with E-state index in [1.807, 2.05) is 11.8 Å². The van der Waals surface area contributed by atoms with Crippen LogP contribution in [0.3, 0.4) is 0 Å². The van der Waals surface area contributed by atoms with E-state index in [-0.39, 0.29) is 17.5 Å². The highest BCUT2D eigenvalue weighted by molar-refractivity contribution is 5.77. The van der Waals surface area contributed by atoms with Crippen molar-refractivity contribution in [3.8, 4) is 5.88 Å². The molecular formula is C23H33N5O4. The van der Waals surface area contributed by atoms with Crippen LogP contribution in [0.15, 0.2) is 15.4 Å². The normalized spacial score (nSPS) is 19.2. The van der Waals surface area contributed by atoms with Gasteiger partial charge in [-0.3, -0.25) is 14.5 Å². The van der Waals surface area contributed by atoms with Crippen molar-refractivity contribution >= 4 is 5.91 Å². The first kappa shape index (κ1) is 22.5. The molecule has 0 aliphatic carbocycles. The highest BCUT2D eigenvalue weighted by Gasteiger charge is 2.31. The molecule has 9 heteroatoms. The molecule has 9 nitrogen and oxygen atoms in total. The molecule has 1 N–H and O–H groups in total. The molecule has 2 aliphatic rings. The Morgan fingerprint density at radius 3 is 2.97 bits per heavy atom. The summed E-state index contributed by atoms with van der Waals surface area (Å²) in [6.45, 7) is 8.94. The zero-order valence-corrected chi connectivity index (χ0v) is 19.2. The van der Waals surface area contributed by atoms with Gasteiger partial charge in [-0.2, -0.15) is 0 Å².